The molecule has 0 aliphatic carbocycles. The number of carbonyl (C=O) groups excluding carboxylic acids is 1. The van der Waals surface area contributed by atoms with E-state index in [9.17, 15) is 4.79 Å². The van der Waals surface area contributed by atoms with Gasteiger partial charge in [-0.3, -0.25) is 4.79 Å². The fourth-order valence-corrected chi connectivity index (χ4v) is 3.95. The zero-order chi connectivity index (χ0) is 23.2. The molecule has 0 aliphatic heterocycles. The zero-order valence-corrected chi connectivity index (χ0v) is 20.1. The van der Waals surface area contributed by atoms with E-state index in [4.69, 9.17) is 21.1 Å². The van der Waals surface area contributed by atoms with E-state index in [2.05, 4.69) is 26.5 Å². The van der Waals surface area contributed by atoms with Crippen LogP contribution in [0.25, 0.3) is 10.8 Å². The lowest BCUT2D eigenvalue weighted by atomic mass is 10.1. The molecular formula is C26H20BrClN2O3. The Morgan fingerprint density at radius 2 is 1.79 bits per heavy atom. The molecule has 0 unspecified atom stereocenters. The Balaban J connectivity index is 1.44. The molecule has 4 rings (SSSR count). The molecule has 7 heteroatoms. The predicted octanol–water partition coefficient (Wildman–Crippen LogP) is 6.61. The largest absolute Gasteiger partial charge is 0.493 e. The van der Waals surface area contributed by atoms with E-state index in [0.717, 1.165) is 21.9 Å². The van der Waals surface area contributed by atoms with Gasteiger partial charge in [0.15, 0.2) is 11.5 Å². The fraction of sp³-hybridized carbons (Fsp3) is 0.0769. The number of hydrogen-bond acceptors (Lipinski definition) is 4. The Morgan fingerprint density at radius 3 is 2.55 bits per heavy atom. The number of methoxy groups -OCH3 is 1. The maximum absolute atomic E-state index is 12.5. The van der Waals surface area contributed by atoms with Crippen molar-refractivity contribution in [3.05, 3.63) is 105 Å². The van der Waals surface area contributed by atoms with E-state index >= 15 is 0 Å². The van der Waals surface area contributed by atoms with Gasteiger partial charge < -0.3 is 9.47 Å². The first-order chi connectivity index (χ1) is 16.0. The van der Waals surface area contributed by atoms with Crippen LogP contribution in [-0.2, 0) is 6.61 Å². The van der Waals surface area contributed by atoms with E-state index in [1.165, 1.54) is 0 Å². The van der Waals surface area contributed by atoms with Gasteiger partial charge in [0.25, 0.3) is 5.91 Å². The van der Waals surface area contributed by atoms with Crippen LogP contribution in [0.2, 0.25) is 5.02 Å². The highest BCUT2D eigenvalue weighted by Gasteiger charge is 2.12. The second-order valence-corrected chi connectivity index (χ2v) is 8.50. The first-order valence-electron chi connectivity index (χ1n) is 10.1. The second-order valence-electron chi connectivity index (χ2n) is 7.21. The summed E-state index contributed by atoms with van der Waals surface area (Å²) in [6.45, 7) is 0.362. The summed E-state index contributed by atoms with van der Waals surface area (Å²) >= 11 is 9.46. The van der Waals surface area contributed by atoms with E-state index in [1.807, 2.05) is 66.7 Å². The van der Waals surface area contributed by atoms with Crippen LogP contribution in [0.3, 0.4) is 0 Å². The summed E-state index contributed by atoms with van der Waals surface area (Å²) in [4.78, 5) is 12.5. The summed E-state index contributed by atoms with van der Waals surface area (Å²) < 4.78 is 12.1. The van der Waals surface area contributed by atoms with Crippen LogP contribution in [0.5, 0.6) is 11.5 Å². The number of benzene rings is 4. The van der Waals surface area contributed by atoms with Crippen LogP contribution in [0, 0.1) is 0 Å². The normalized spacial score (nSPS) is 11.0. The summed E-state index contributed by atoms with van der Waals surface area (Å²) in [7, 11) is 1.57. The molecular weight excluding hydrogens is 504 g/mol. The molecule has 1 amide bonds. The van der Waals surface area contributed by atoms with Crippen molar-refractivity contribution in [3.8, 4) is 11.5 Å². The number of carbonyl (C=O) groups is 1. The number of amides is 1. The van der Waals surface area contributed by atoms with Crippen LogP contribution >= 0.6 is 27.5 Å². The number of hydrogen-bond donors (Lipinski definition) is 1. The minimum atomic E-state index is -0.286. The summed E-state index contributed by atoms with van der Waals surface area (Å²) in [6.07, 6.45) is 1.55. The first kappa shape index (κ1) is 22.8. The van der Waals surface area contributed by atoms with Gasteiger partial charge in [-0.05, 0) is 74.2 Å². The van der Waals surface area contributed by atoms with E-state index in [1.54, 1.807) is 25.5 Å². The lowest BCUT2D eigenvalue weighted by molar-refractivity contribution is 0.0955. The number of halogens is 2. The van der Waals surface area contributed by atoms with Crippen LogP contribution < -0.4 is 14.9 Å². The van der Waals surface area contributed by atoms with Gasteiger partial charge in [-0.2, -0.15) is 5.10 Å². The van der Waals surface area contributed by atoms with Gasteiger partial charge in [-0.15, -0.1) is 0 Å². The molecule has 0 heterocycles. The summed E-state index contributed by atoms with van der Waals surface area (Å²) in [6, 6.07) is 24.5. The third-order valence-electron chi connectivity index (χ3n) is 4.94. The predicted molar refractivity (Wildman–Crippen MR) is 135 cm³/mol. The quantitative estimate of drug-likeness (QED) is 0.219. The highest BCUT2D eigenvalue weighted by molar-refractivity contribution is 9.10. The van der Waals surface area contributed by atoms with Gasteiger partial charge >= 0.3 is 0 Å². The molecule has 1 N–H and O–H groups in total. The van der Waals surface area contributed by atoms with Crippen molar-refractivity contribution in [2.45, 2.75) is 6.61 Å². The van der Waals surface area contributed by atoms with Crippen molar-refractivity contribution in [2.75, 3.05) is 7.11 Å². The van der Waals surface area contributed by atoms with Gasteiger partial charge in [0.05, 0.1) is 17.8 Å². The highest BCUT2D eigenvalue weighted by atomic mass is 79.9. The minimum absolute atomic E-state index is 0.286. The van der Waals surface area contributed by atoms with E-state index < -0.39 is 0 Å². The molecule has 0 saturated heterocycles. The van der Waals surface area contributed by atoms with Crippen LogP contribution in [0.15, 0.2) is 88.4 Å². The number of rotatable bonds is 7. The molecule has 0 aliphatic rings. The maximum Gasteiger partial charge on any atom is 0.271 e. The molecule has 4 aromatic rings. The minimum Gasteiger partial charge on any atom is -0.493 e. The Morgan fingerprint density at radius 1 is 1.03 bits per heavy atom. The molecule has 0 fully saturated rings. The van der Waals surface area contributed by atoms with Crippen molar-refractivity contribution in [2.24, 2.45) is 5.10 Å². The van der Waals surface area contributed by atoms with Crippen LogP contribution in [0.4, 0.5) is 0 Å². The molecule has 0 aromatic heterocycles. The number of ether oxygens (including phenoxy) is 2. The summed E-state index contributed by atoms with van der Waals surface area (Å²) in [5.74, 6) is 0.830. The molecule has 0 saturated carbocycles. The van der Waals surface area contributed by atoms with Crippen molar-refractivity contribution < 1.29 is 14.3 Å². The molecule has 33 heavy (non-hydrogen) atoms. The lowest BCUT2D eigenvalue weighted by Crippen LogP contribution is -2.17. The zero-order valence-electron chi connectivity index (χ0n) is 17.7. The summed E-state index contributed by atoms with van der Waals surface area (Å²) in [5, 5.41) is 6.84. The number of fused-ring (bicyclic) bond motifs is 1. The van der Waals surface area contributed by atoms with Gasteiger partial charge in [0.2, 0.25) is 0 Å². The first-order valence-corrected chi connectivity index (χ1v) is 11.3. The molecule has 0 spiro atoms. The molecule has 0 bridgehead atoms. The van der Waals surface area contributed by atoms with E-state index in [0.29, 0.717) is 33.2 Å². The molecule has 4 aromatic carbocycles. The Labute approximate surface area is 205 Å². The van der Waals surface area contributed by atoms with Gasteiger partial charge in [-0.1, -0.05) is 54.1 Å². The van der Waals surface area contributed by atoms with E-state index in [-0.39, 0.29) is 5.91 Å². The Bertz CT molecular complexity index is 1320. The third-order valence-corrected chi connectivity index (χ3v) is 5.78. The van der Waals surface area contributed by atoms with Crippen molar-refractivity contribution in [3.63, 3.8) is 0 Å². The van der Waals surface area contributed by atoms with Crippen molar-refractivity contribution in [1.82, 2.24) is 5.43 Å². The molecule has 0 atom stereocenters. The second kappa shape index (κ2) is 10.5. The molecule has 0 radical (unpaired) electrons. The lowest BCUT2D eigenvalue weighted by Gasteiger charge is -2.13. The maximum atomic E-state index is 12.5. The van der Waals surface area contributed by atoms with Crippen LogP contribution in [-0.4, -0.2) is 19.2 Å². The monoisotopic (exact) mass is 522 g/mol. The average molecular weight is 524 g/mol. The van der Waals surface area contributed by atoms with Gasteiger partial charge in [-0.25, -0.2) is 5.43 Å². The highest BCUT2D eigenvalue weighted by Crippen LogP contribution is 2.37. The number of nitrogens with zero attached hydrogens (tertiary/aromatic N) is 1. The number of nitrogens with one attached hydrogen (secondary N) is 1. The van der Waals surface area contributed by atoms with Crippen molar-refractivity contribution in [1.29, 1.82) is 0 Å². The molecule has 166 valence electrons. The third kappa shape index (κ3) is 5.72. The Hall–Kier alpha value is -3.35. The van der Waals surface area contributed by atoms with Crippen molar-refractivity contribution >= 4 is 50.4 Å². The average Bonchev–Trinajstić information content (AvgIpc) is 2.83. The standard InChI is InChI=1S/C26H20BrClN2O3/c1-32-24-13-18(12-23(27)25(24)33-16-17-6-10-22(28)11-7-17)15-29-30-26(31)21-9-8-19-4-2-3-5-20(19)14-21/h2-15H,16H2,1H3,(H,30,31)/b29-15-. The number of hydrazone groups is 1. The van der Waals surface area contributed by atoms with Gasteiger partial charge in [0.1, 0.15) is 6.61 Å². The van der Waals surface area contributed by atoms with Gasteiger partial charge in [0, 0.05) is 10.6 Å². The summed E-state index contributed by atoms with van der Waals surface area (Å²) in [5.41, 5.74) is 4.82. The molecule has 5 nitrogen and oxygen atoms in total. The van der Waals surface area contributed by atoms with Crippen LogP contribution in [0.1, 0.15) is 21.5 Å². The Kier molecular flexibility index (Phi) is 7.27. The fourth-order valence-electron chi connectivity index (χ4n) is 3.25. The SMILES string of the molecule is COc1cc(/C=N\NC(=O)c2ccc3ccccc3c2)cc(Br)c1OCc1ccc(Cl)cc1. The smallest absolute Gasteiger partial charge is 0.271 e. The topological polar surface area (TPSA) is 59.9 Å².